The van der Waals surface area contributed by atoms with Gasteiger partial charge in [-0.1, -0.05) is 39.8 Å². The van der Waals surface area contributed by atoms with Gasteiger partial charge in [-0.25, -0.2) is 0 Å². The summed E-state index contributed by atoms with van der Waals surface area (Å²) in [5.74, 6) is -0.490. The highest BCUT2D eigenvalue weighted by Crippen LogP contribution is 2.20. The van der Waals surface area contributed by atoms with Crippen molar-refractivity contribution in [3.8, 4) is 0 Å². The van der Waals surface area contributed by atoms with Crippen molar-refractivity contribution in [1.29, 1.82) is 0 Å². The Balaban J connectivity index is 2.89. The minimum atomic E-state index is -0.649. The van der Waals surface area contributed by atoms with Crippen molar-refractivity contribution in [3.05, 3.63) is 29.8 Å². The number of nitrogens with one attached hydrogen (secondary N) is 2. The standard InChI is InChI=1S/C16H25N3O2/c1-5-10-18-14(20)11-8-6-7-9-12(11)19-15(21)13(17)16(2,3)4/h6-9,13H,5,10,17H2,1-4H3,(H,18,20)(H,19,21). The summed E-state index contributed by atoms with van der Waals surface area (Å²) >= 11 is 0. The van der Waals surface area contributed by atoms with Crippen LogP contribution in [0.25, 0.3) is 0 Å². The van der Waals surface area contributed by atoms with Crippen LogP contribution in [0.1, 0.15) is 44.5 Å². The summed E-state index contributed by atoms with van der Waals surface area (Å²) in [4.78, 5) is 24.3. The van der Waals surface area contributed by atoms with E-state index in [0.717, 1.165) is 6.42 Å². The van der Waals surface area contributed by atoms with Crippen LogP contribution in [0.15, 0.2) is 24.3 Å². The molecular weight excluding hydrogens is 266 g/mol. The maximum atomic E-state index is 12.2. The average Bonchev–Trinajstić information content (AvgIpc) is 2.43. The fourth-order valence-corrected chi connectivity index (χ4v) is 1.73. The number of carbonyl (C=O) groups is 2. The number of hydrogen-bond acceptors (Lipinski definition) is 3. The molecule has 5 nitrogen and oxygen atoms in total. The van der Waals surface area contributed by atoms with Crippen LogP contribution in [0.2, 0.25) is 0 Å². The molecule has 0 aliphatic heterocycles. The number of benzene rings is 1. The zero-order valence-electron chi connectivity index (χ0n) is 13.2. The topological polar surface area (TPSA) is 84.2 Å². The Morgan fingerprint density at radius 2 is 1.86 bits per heavy atom. The van der Waals surface area contributed by atoms with Crippen molar-refractivity contribution in [2.45, 2.75) is 40.2 Å². The normalized spacial score (nSPS) is 12.6. The average molecular weight is 291 g/mol. The Bertz CT molecular complexity index is 506. The lowest BCUT2D eigenvalue weighted by Gasteiger charge is -2.26. The molecule has 1 atom stereocenters. The Morgan fingerprint density at radius 1 is 1.24 bits per heavy atom. The molecule has 0 aliphatic carbocycles. The zero-order valence-corrected chi connectivity index (χ0v) is 13.2. The van der Waals surface area contributed by atoms with Gasteiger partial charge in [-0.15, -0.1) is 0 Å². The third kappa shape index (κ3) is 4.86. The predicted molar refractivity (Wildman–Crippen MR) is 85.1 cm³/mol. The maximum absolute atomic E-state index is 12.2. The molecule has 0 saturated heterocycles. The number of nitrogens with two attached hydrogens (primary N) is 1. The second kappa shape index (κ2) is 7.22. The lowest BCUT2D eigenvalue weighted by atomic mass is 9.87. The van der Waals surface area contributed by atoms with E-state index >= 15 is 0 Å². The van der Waals surface area contributed by atoms with Crippen molar-refractivity contribution in [1.82, 2.24) is 5.32 Å². The van der Waals surface area contributed by atoms with E-state index in [2.05, 4.69) is 10.6 Å². The molecule has 0 aromatic heterocycles. The van der Waals surface area contributed by atoms with Gasteiger partial charge in [-0.05, 0) is 24.0 Å². The molecule has 5 heteroatoms. The molecule has 0 saturated carbocycles. The van der Waals surface area contributed by atoms with E-state index in [0.29, 0.717) is 17.8 Å². The van der Waals surface area contributed by atoms with Crippen molar-refractivity contribution in [2.24, 2.45) is 11.1 Å². The summed E-state index contributed by atoms with van der Waals surface area (Å²) in [7, 11) is 0. The predicted octanol–water partition coefficient (Wildman–Crippen LogP) is 2.14. The lowest BCUT2D eigenvalue weighted by molar-refractivity contribution is -0.119. The van der Waals surface area contributed by atoms with Crippen molar-refractivity contribution in [3.63, 3.8) is 0 Å². The van der Waals surface area contributed by atoms with Gasteiger partial charge < -0.3 is 16.4 Å². The second-order valence-corrected chi connectivity index (χ2v) is 6.13. The number of carbonyl (C=O) groups excluding carboxylic acids is 2. The van der Waals surface area contributed by atoms with Gasteiger partial charge in [0, 0.05) is 6.54 Å². The summed E-state index contributed by atoms with van der Waals surface area (Å²) in [5, 5.41) is 5.55. The first-order chi connectivity index (χ1) is 9.77. The van der Waals surface area contributed by atoms with Crippen LogP contribution in [0.5, 0.6) is 0 Å². The molecule has 116 valence electrons. The van der Waals surface area contributed by atoms with Crippen LogP contribution in [-0.2, 0) is 4.79 Å². The molecule has 21 heavy (non-hydrogen) atoms. The Kier molecular flexibility index (Phi) is 5.90. The second-order valence-electron chi connectivity index (χ2n) is 6.13. The van der Waals surface area contributed by atoms with E-state index in [1.54, 1.807) is 24.3 Å². The van der Waals surface area contributed by atoms with Crippen molar-refractivity contribution >= 4 is 17.5 Å². The van der Waals surface area contributed by atoms with Gasteiger partial charge >= 0.3 is 0 Å². The van der Waals surface area contributed by atoms with Gasteiger partial charge in [-0.3, -0.25) is 9.59 Å². The summed E-state index contributed by atoms with van der Waals surface area (Å²) in [5.41, 5.74) is 6.52. The summed E-state index contributed by atoms with van der Waals surface area (Å²) in [6, 6.07) is 6.27. The molecule has 0 spiro atoms. The van der Waals surface area contributed by atoms with Crippen LogP contribution in [0, 0.1) is 5.41 Å². The number of hydrogen-bond donors (Lipinski definition) is 3. The molecule has 4 N–H and O–H groups in total. The van der Waals surface area contributed by atoms with Gasteiger partial charge in [0.15, 0.2) is 0 Å². The molecule has 0 heterocycles. The Morgan fingerprint density at radius 3 is 2.43 bits per heavy atom. The largest absolute Gasteiger partial charge is 0.352 e. The molecule has 1 aromatic rings. The highest BCUT2D eigenvalue weighted by atomic mass is 16.2. The minimum absolute atomic E-state index is 0.197. The van der Waals surface area contributed by atoms with Gasteiger partial charge in [0.05, 0.1) is 17.3 Å². The van der Waals surface area contributed by atoms with E-state index in [4.69, 9.17) is 5.73 Å². The number of para-hydroxylation sites is 1. The van der Waals surface area contributed by atoms with Crippen LogP contribution in [0.4, 0.5) is 5.69 Å². The molecule has 0 radical (unpaired) electrons. The van der Waals surface area contributed by atoms with Crippen LogP contribution >= 0.6 is 0 Å². The van der Waals surface area contributed by atoms with Crippen LogP contribution in [-0.4, -0.2) is 24.4 Å². The van der Waals surface area contributed by atoms with Gasteiger partial charge in [0.2, 0.25) is 5.91 Å². The van der Waals surface area contributed by atoms with Gasteiger partial charge in [0.25, 0.3) is 5.91 Å². The first kappa shape index (κ1) is 17.2. The monoisotopic (exact) mass is 291 g/mol. The molecule has 0 fully saturated rings. The molecule has 0 bridgehead atoms. The Labute approximate surface area is 126 Å². The van der Waals surface area contributed by atoms with Crippen LogP contribution < -0.4 is 16.4 Å². The molecular formula is C16H25N3O2. The van der Waals surface area contributed by atoms with E-state index < -0.39 is 6.04 Å². The van der Waals surface area contributed by atoms with Gasteiger partial charge in [0.1, 0.15) is 0 Å². The fraction of sp³-hybridized carbons (Fsp3) is 0.500. The number of rotatable bonds is 5. The van der Waals surface area contributed by atoms with E-state index in [9.17, 15) is 9.59 Å². The van der Waals surface area contributed by atoms with E-state index in [-0.39, 0.29) is 17.2 Å². The Hall–Kier alpha value is -1.88. The van der Waals surface area contributed by atoms with E-state index in [1.807, 2.05) is 27.7 Å². The summed E-state index contributed by atoms with van der Waals surface area (Å²) in [6.45, 7) is 8.28. The fourth-order valence-electron chi connectivity index (χ4n) is 1.73. The first-order valence-electron chi connectivity index (χ1n) is 7.21. The minimum Gasteiger partial charge on any atom is -0.352 e. The third-order valence-electron chi connectivity index (χ3n) is 3.18. The quantitative estimate of drug-likeness (QED) is 0.777. The third-order valence-corrected chi connectivity index (χ3v) is 3.18. The molecule has 2 amide bonds. The molecule has 1 rings (SSSR count). The summed E-state index contributed by atoms with van der Waals surface area (Å²) in [6.07, 6.45) is 0.856. The SMILES string of the molecule is CCCNC(=O)c1ccccc1NC(=O)C(N)C(C)(C)C. The van der Waals surface area contributed by atoms with Crippen molar-refractivity contribution < 1.29 is 9.59 Å². The van der Waals surface area contributed by atoms with Crippen LogP contribution in [0.3, 0.4) is 0 Å². The first-order valence-corrected chi connectivity index (χ1v) is 7.21. The molecule has 1 unspecified atom stereocenters. The highest BCUT2D eigenvalue weighted by Gasteiger charge is 2.28. The molecule has 0 aliphatic rings. The zero-order chi connectivity index (χ0) is 16.0. The number of amides is 2. The summed E-state index contributed by atoms with van der Waals surface area (Å²) < 4.78 is 0. The number of anilines is 1. The van der Waals surface area contributed by atoms with Gasteiger partial charge in [-0.2, -0.15) is 0 Å². The highest BCUT2D eigenvalue weighted by molar-refractivity contribution is 6.04. The lowest BCUT2D eigenvalue weighted by Crippen LogP contribution is -2.45. The molecule has 1 aromatic carbocycles. The smallest absolute Gasteiger partial charge is 0.253 e. The van der Waals surface area contributed by atoms with E-state index in [1.165, 1.54) is 0 Å². The maximum Gasteiger partial charge on any atom is 0.253 e. The van der Waals surface area contributed by atoms with Crippen molar-refractivity contribution in [2.75, 3.05) is 11.9 Å².